The zero-order valence-corrected chi connectivity index (χ0v) is 12.6. The van der Waals surface area contributed by atoms with E-state index in [1.807, 2.05) is 18.7 Å². The van der Waals surface area contributed by atoms with Gasteiger partial charge in [0.2, 0.25) is 5.91 Å². The number of hydrogen-bond acceptors (Lipinski definition) is 3. The molecule has 0 aliphatic carbocycles. The fraction of sp³-hybridized carbons (Fsp3) is 0.667. The van der Waals surface area contributed by atoms with Gasteiger partial charge in [0, 0.05) is 20.6 Å². The minimum atomic E-state index is -0.00268. The second kappa shape index (κ2) is 5.40. The number of rotatable bonds is 3. The number of aromatic nitrogens is 2. The van der Waals surface area contributed by atoms with Crippen LogP contribution < -0.4 is 5.32 Å². The van der Waals surface area contributed by atoms with Crippen molar-refractivity contribution >= 4 is 21.8 Å². The van der Waals surface area contributed by atoms with Gasteiger partial charge < -0.3 is 5.32 Å². The van der Waals surface area contributed by atoms with E-state index < -0.39 is 0 Å². The number of carbonyl (C=O) groups is 1. The molecule has 1 N–H and O–H groups in total. The summed E-state index contributed by atoms with van der Waals surface area (Å²) in [5.41, 5.74) is 2.12. The average Bonchev–Trinajstić information content (AvgIpc) is 2.89. The van der Waals surface area contributed by atoms with E-state index in [1.165, 1.54) is 0 Å². The number of hydrogen-bond donors (Lipinski definition) is 1. The molecule has 0 radical (unpaired) electrons. The second-order valence-electron chi connectivity index (χ2n) is 4.71. The molecular weight excluding hydrogens is 296 g/mol. The summed E-state index contributed by atoms with van der Waals surface area (Å²) in [7, 11) is 3.64. The van der Waals surface area contributed by atoms with Crippen LogP contribution in [0.25, 0.3) is 0 Å². The highest BCUT2D eigenvalue weighted by atomic mass is 79.9. The van der Waals surface area contributed by atoms with Gasteiger partial charge in [-0.15, -0.1) is 0 Å². The van der Waals surface area contributed by atoms with Gasteiger partial charge in [-0.2, -0.15) is 5.10 Å². The Morgan fingerprint density at radius 1 is 1.61 bits per heavy atom. The molecule has 5 nitrogen and oxygen atoms in total. The number of nitrogens with zero attached hydrogens (tertiary/aromatic N) is 3. The topological polar surface area (TPSA) is 50.2 Å². The van der Waals surface area contributed by atoms with Crippen LogP contribution in [0.5, 0.6) is 0 Å². The molecule has 6 heteroatoms. The van der Waals surface area contributed by atoms with Crippen LogP contribution in [-0.2, 0) is 18.4 Å². The zero-order valence-electron chi connectivity index (χ0n) is 11.0. The number of amides is 1. The smallest absolute Gasteiger partial charge is 0.237 e. The van der Waals surface area contributed by atoms with Crippen molar-refractivity contribution in [3.8, 4) is 0 Å². The third-order valence-electron chi connectivity index (χ3n) is 3.53. The molecular formula is C12H19BrN4O. The molecule has 1 aliphatic rings. The van der Waals surface area contributed by atoms with Crippen LogP contribution in [0.1, 0.15) is 24.2 Å². The van der Waals surface area contributed by atoms with Crippen molar-refractivity contribution in [2.24, 2.45) is 7.05 Å². The Labute approximate surface area is 116 Å². The van der Waals surface area contributed by atoms with Crippen molar-refractivity contribution in [2.75, 3.05) is 13.6 Å². The van der Waals surface area contributed by atoms with E-state index in [-0.39, 0.29) is 11.9 Å². The highest BCUT2D eigenvalue weighted by Gasteiger charge is 2.31. The lowest BCUT2D eigenvalue weighted by Gasteiger charge is -2.23. The number of aryl methyl sites for hydroxylation is 2. The number of carbonyl (C=O) groups excluding carboxylic acids is 1. The van der Waals surface area contributed by atoms with E-state index in [4.69, 9.17) is 0 Å². The van der Waals surface area contributed by atoms with Gasteiger partial charge >= 0.3 is 0 Å². The van der Waals surface area contributed by atoms with Crippen molar-refractivity contribution in [1.29, 1.82) is 0 Å². The maximum Gasteiger partial charge on any atom is 0.237 e. The lowest BCUT2D eigenvalue weighted by atomic mass is 10.2. The molecule has 2 heterocycles. The van der Waals surface area contributed by atoms with Gasteiger partial charge in [0.15, 0.2) is 0 Å². The van der Waals surface area contributed by atoms with E-state index in [2.05, 4.69) is 31.2 Å². The molecule has 1 fully saturated rings. The summed E-state index contributed by atoms with van der Waals surface area (Å²) in [6.07, 6.45) is 2.01. The van der Waals surface area contributed by atoms with Gasteiger partial charge in [0.05, 0.1) is 21.9 Å². The Kier molecular flexibility index (Phi) is 4.07. The van der Waals surface area contributed by atoms with Crippen LogP contribution >= 0.6 is 15.9 Å². The first-order valence-electron chi connectivity index (χ1n) is 6.18. The molecule has 0 spiro atoms. The van der Waals surface area contributed by atoms with Crippen LogP contribution in [0.2, 0.25) is 0 Å². The van der Waals surface area contributed by atoms with Gasteiger partial charge in [-0.25, -0.2) is 0 Å². The summed E-state index contributed by atoms with van der Waals surface area (Å²) in [5.74, 6) is 0.113. The quantitative estimate of drug-likeness (QED) is 0.912. The lowest BCUT2D eigenvalue weighted by Crippen LogP contribution is -2.41. The van der Waals surface area contributed by atoms with Crippen molar-refractivity contribution in [2.45, 2.75) is 32.4 Å². The molecule has 0 bridgehead atoms. The standard InChI is InChI=1S/C12H19BrN4O/c1-8-11(13)10(16(3)15-8)7-17-6-4-5-9(17)12(18)14-2/h9H,4-7H2,1-3H3,(H,14,18). The molecule has 2 rings (SSSR count). The third kappa shape index (κ3) is 2.44. The van der Waals surface area contributed by atoms with E-state index in [0.717, 1.165) is 41.8 Å². The molecule has 0 aromatic carbocycles. The number of nitrogens with one attached hydrogen (secondary N) is 1. The summed E-state index contributed by atoms with van der Waals surface area (Å²) in [5, 5.41) is 7.13. The van der Waals surface area contributed by atoms with Gasteiger partial charge in [-0.3, -0.25) is 14.4 Å². The molecule has 1 aliphatic heterocycles. The molecule has 1 aromatic rings. The Morgan fingerprint density at radius 3 is 2.89 bits per heavy atom. The van der Waals surface area contributed by atoms with E-state index in [0.29, 0.717) is 0 Å². The van der Waals surface area contributed by atoms with Crippen LogP contribution in [0.4, 0.5) is 0 Å². The van der Waals surface area contributed by atoms with Crippen LogP contribution in [-0.4, -0.2) is 40.2 Å². The van der Waals surface area contributed by atoms with E-state index in [9.17, 15) is 4.79 Å². The predicted octanol–water partition coefficient (Wildman–Crippen LogP) is 1.20. The fourth-order valence-corrected chi connectivity index (χ4v) is 2.98. The van der Waals surface area contributed by atoms with Crippen LogP contribution in [0.3, 0.4) is 0 Å². The van der Waals surface area contributed by atoms with Gasteiger partial charge in [0.25, 0.3) is 0 Å². The molecule has 1 aromatic heterocycles. The van der Waals surface area contributed by atoms with Crippen LogP contribution in [0.15, 0.2) is 4.47 Å². The van der Waals surface area contributed by atoms with Crippen molar-refractivity contribution in [3.05, 3.63) is 15.9 Å². The Bertz CT molecular complexity index is 457. The molecule has 1 amide bonds. The monoisotopic (exact) mass is 314 g/mol. The highest BCUT2D eigenvalue weighted by Crippen LogP contribution is 2.25. The molecule has 1 saturated heterocycles. The molecule has 1 atom stereocenters. The van der Waals surface area contributed by atoms with E-state index >= 15 is 0 Å². The first-order valence-corrected chi connectivity index (χ1v) is 6.97. The predicted molar refractivity (Wildman–Crippen MR) is 73.1 cm³/mol. The van der Waals surface area contributed by atoms with Gasteiger partial charge in [-0.1, -0.05) is 0 Å². The maximum absolute atomic E-state index is 11.8. The zero-order chi connectivity index (χ0) is 13.3. The first-order chi connectivity index (χ1) is 8.54. The lowest BCUT2D eigenvalue weighted by molar-refractivity contribution is -0.125. The first kappa shape index (κ1) is 13.5. The van der Waals surface area contributed by atoms with Gasteiger partial charge in [-0.05, 0) is 42.2 Å². The molecule has 100 valence electrons. The summed E-state index contributed by atoms with van der Waals surface area (Å²) >= 11 is 3.57. The van der Waals surface area contributed by atoms with Gasteiger partial charge in [0.1, 0.15) is 0 Å². The fourth-order valence-electron chi connectivity index (χ4n) is 2.52. The highest BCUT2D eigenvalue weighted by molar-refractivity contribution is 9.10. The number of likely N-dealkylation sites (tertiary alicyclic amines) is 1. The molecule has 1 unspecified atom stereocenters. The molecule has 0 saturated carbocycles. The molecule has 18 heavy (non-hydrogen) atoms. The Hall–Kier alpha value is -0.880. The Balaban J connectivity index is 2.15. The summed E-state index contributed by atoms with van der Waals surface area (Å²) in [6.45, 7) is 3.71. The van der Waals surface area contributed by atoms with Crippen LogP contribution in [0, 0.1) is 6.92 Å². The minimum Gasteiger partial charge on any atom is -0.358 e. The SMILES string of the molecule is CNC(=O)C1CCCN1Cc1c(Br)c(C)nn1C. The normalized spacial score (nSPS) is 20.3. The Morgan fingerprint density at radius 2 is 2.33 bits per heavy atom. The minimum absolute atomic E-state index is 0.00268. The van der Waals surface area contributed by atoms with Crippen molar-refractivity contribution in [1.82, 2.24) is 20.0 Å². The van der Waals surface area contributed by atoms with E-state index in [1.54, 1.807) is 7.05 Å². The summed E-state index contributed by atoms with van der Waals surface area (Å²) in [6, 6.07) is -0.00268. The maximum atomic E-state index is 11.8. The van der Waals surface area contributed by atoms with Crippen molar-refractivity contribution < 1.29 is 4.79 Å². The van der Waals surface area contributed by atoms with Crippen molar-refractivity contribution in [3.63, 3.8) is 0 Å². The largest absolute Gasteiger partial charge is 0.358 e. The second-order valence-corrected chi connectivity index (χ2v) is 5.51. The number of likely N-dealkylation sites (N-methyl/N-ethyl adjacent to an activating group) is 1. The number of halogens is 1. The summed E-state index contributed by atoms with van der Waals surface area (Å²) < 4.78 is 2.94. The average molecular weight is 315 g/mol. The summed E-state index contributed by atoms with van der Waals surface area (Å²) in [4.78, 5) is 14.0. The third-order valence-corrected chi connectivity index (χ3v) is 4.56.